The van der Waals surface area contributed by atoms with Crippen molar-refractivity contribution in [1.29, 1.82) is 0 Å². The van der Waals surface area contributed by atoms with E-state index < -0.39 is 0 Å². The van der Waals surface area contributed by atoms with Gasteiger partial charge in [-0.2, -0.15) is 0 Å². The van der Waals surface area contributed by atoms with Crippen molar-refractivity contribution in [3.63, 3.8) is 0 Å². The van der Waals surface area contributed by atoms with Gasteiger partial charge >= 0.3 is 0 Å². The first kappa shape index (κ1) is 6.47. The molecule has 4 aliphatic carbocycles. The minimum Gasteiger partial charge on any atom is -0.325 e. The van der Waals surface area contributed by atoms with Gasteiger partial charge in [0, 0.05) is 5.54 Å². The molecule has 2 unspecified atom stereocenters. The van der Waals surface area contributed by atoms with Crippen molar-refractivity contribution in [2.45, 2.75) is 44.1 Å². The Morgan fingerprint density at radius 2 is 1.55 bits per heavy atom. The molecule has 0 spiro atoms. The van der Waals surface area contributed by atoms with Crippen LogP contribution in [0.25, 0.3) is 0 Å². The maximum Gasteiger partial charge on any atom is 0.0188 e. The standard InChI is InChI=1S/C10H17N/c11-10-5-7-1-2-8(6-10)4-9(10)3-7/h7-9H,1-6,11H2. The van der Waals surface area contributed by atoms with E-state index in [2.05, 4.69) is 0 Å². The maximum atomic E-state index is 6.39. The van der Waals surface area contributed by atoms with Gasteiger partial charge < -0.3 is 5.73 Å². The zero-order valence-corrected chi connectivity index (χ0v) is 7.05. The third kappa shape index (κ3) is 0.752. The van der Waals surface area contributed by atoms with E-state index in [0.29, 0.717) is 5.54 Å². The van der Waals surface area contributed by atoms with Gasteiger partial charge in [0.05, 0.1) is 0 Å². The molecule has 4 aliphatic rings. The first-order valence-electron chi connectivity index (χ1n) is 5.05. The van der Waals surface area contributed by atoms with Crippen LogP contribution in [0.5, 0.6) is 0 Å². The molecule has 2 atom stereocenters. The summed E-state index contributed by atoms with van der Waals surface area (Å²) < 4.78 is 0. The summed E-state index contributed by atoms with van der Waals surface area (Å²) in [6.45, 7) is 0. The van der Waals surface area contributed by atoms with Gasteiger partial charge in [-0.3, -0.25) is 0 Å². The topological polar surface area (TPSA) is 26.0 Å². The highest BCUT2D eigenvalue weighted by Crippen LogP contribution is 2.56. The van der Waals surface area contributed by atoms with Gasteiger partial charge in [-0.05, 0) is 43.4 Å². The van der Waals surface area contributed by atoms with Crippen LogP contribution in [0.4, 0.5) is 0 Å². The van der Waals surface area contributed by atoms with Crippen LogP contribution in [0.3, 0.4) is 0 Å². The Morgan fingerprint density at radius 3 is 2.00 bits per heavy atom. The number of fused-ring (bicyclic) bond motifs is 1. The Morgan fingerprint density at radius 1 is 1.00 bits per heavy atom. The molecular formula is C10H17N. The lowest BCUT2D eigenvalue weighted by Crippen LogP contribution is -2.39. The second kappa shape index (κ2) is 1.82. The lowest BCUT2D eigenvalue weighted by atomic mass is 9.92. The predicted octanol–water partition coefficient (Wildman–Crippen LogP) is 1.91. The molecular weight excluding hydrogens is 134 g/mol. The predicted molar refractivity (Wildman–Crippen MR) is 45.1 cm³/mol. The Kier molecular flexibility index (Phi) is 1.07. The van der Waals surface area contributed by atoms with Gasteiger partial charge in [-0.1, -0.05) is 12.8 Å². The molecule has 62 valence electrons. The van der Waals surface area contributed by atoms with Crippen molar-refractivity contribution < 1.29 is 0 Å². The molecule has 0 aromatic carbocycles. The second-order valence-electron chi connectivity index (χ2n) is 5.12. The summed E-state index contributed by atoms with van der Waals surface area (Å²) in [7, 11) is 0. The van der Waals surface area contributed by atoms with Crippen molar-refractivity contribution in [2.75, 3.05) is 0 Å². The van der Waals surface area contributed by atoms with E-state index in [4.69, 9.17) is 5.73 Å². The number of hydrogen-bond acceptors (Lipinski definition) is 1. The van der Waals surface area contributed by atoms with E-state index >= 15 is 0 Å². The Balaban J connectivity index is 2.01. The van der Waals surface area contributed by atoms with Crippen LogP contribution in [0, 0.1) is 17.8 Å². The number of hydrogen-bond donors (Lipinski definition) is 1. The third-order valence-corrected chi connectivity index (χ3v) is 4.37. The van der Waals surface area contributed by atoms with Crippen LogP contribution in [0.2, 0.25) is 0 Å². The van der Waals surface area contributed by atoms with Crippen LogP contribution >= 0.6 is 0 Å². The van der Waals surface area contributed by atoms with Crippen LogP contribution in [-0.4, -0.2) is 5.54 Å². The fourth-order valence-corrected chi connectivity index (χ4v) is 3.94. The Labute approximate surface area is 68.3 Å². The maximum absolute atomic E-state index is 6.39. The molecule has 4 saturated carbocycles. The zero-order chi connectivity index (χ0) is 7.47. The first-order chi connectivity index (χ1) is 5.26. The van der Waals surface area contributed by atoms with Crippen LogP contribution in [0.1, 0.15) is 38.5 Å². The number of nitrogens with two attached hydrogens (primary N) is 1. The molecule has 1 heteroatoms. The van der Waals surface area contributed by atoms with Crippen molar-refractivity contribution >= 4 is 0 Å². The summed E-state index contributed by atoms with van der Waals surface area (Å²) in [5, 5.41) is 0. The molecule has 4 bridgehead atoms. The molecule has 1 nitrogen and oxygen atoms in total. The average molecular weight is 151 g/mol. The molecule has 11 heavy (non-hydrogen) atoms. The molecule has 0 heterocycles. The monoisotopic (exact) mass is 151 g/mol. The average Bonchev–Trinajstić information content (AvgIpc) is 2.22. The fraction of sp³-hybridized carbons (Fsp3) is 1.00. The van der Waals surface area contributed by atoms with Gasteiger partial charge in [0.25, 0.3) is 0 Å². The van der Waals surface area contributed by atoms with Crippen LogP contribution in [-0.2, 0) is 0 Å². The fourth-order valence-electron chi connectivity index (χ4n) is 3.94. The summed E-state index contributed by atoms with van der Waals surface area (Å²) in [5.41, 5.74) is 6.70. The smallest absolute Gasteiger partial charge is 0.0188 e. The van der Waals surface area contributed by atoms with Crippen molar-refractivity contribution in [3.8, 4) is 0 Å². The van der Waals surface area contributed by atoms with Crippen LogP contribution < -0.4 is 5.73 Å². The largest absolute Gasteiger partial charge is 0.325 e. The lowest BCUT2D eigenvalue weighted by Gasteiger charge is -2.23. The van der Waals surface area contributed by atoms with E-state index in [0.717, 1.165) is 17.8 Å². The summed E-state index contributed by atoms with van der Waals surface area (Å²) in [5.74, 6) is 2.94. The minimum absolute atomic E-state index is 0.311. The first-order valence-corrected chi connectivity index (χ1v) is 5.05. The highest BCUT2D eigenvalue weighted by Gasteiger charge is 2.52. The summed E-state index contributed by atoms with van der Waals surface area (Å²) in [6, 6.07) is 0. The van der Waals surface area contributed by atoms with Gasteiger partial charge in [-0.25, -0.2) is 0 Å². The van der Waals surface area contributed by atoms with Gasteiger partial charge in [0.1, 0.15) is 0 Å². The van der Waals surface area contributed by atoms with Gasteiger partial charge in [0.15, 0.2) is 0 Å². The SMILES string of the molecule is NC12CC3CCC(CC1C3)C2. The molecule has 4 fully saturated rings. The number of rotatable bonds is 0. The third-order valence-electron chi connectivity index (χ3n) is 4.37. The van der Waals surface area contributed by atoms with Gasteiger partial charge in [0.2, 0.25) is 0 Å². The lowest BCUT2D eigenvalue weighted by molar-refractivity contribution is 0.369. The molecule has 0 aromatic heterocycles. The molecule has 0 aliphatic heterocycles. The van der Waals surface area contributed by atoms with Crippen molar-refractivity contribution in [2.24, 2.45) is 23.5 Å². The Bertz CT molecular complexity index is 171. The van der Waals surface area contributed by atoms with E-state index in [-0.39, 0.29) is 0 Å². The molecule has 2 N–H and O–H groups in total. The summed E-state index contributed by atoms with van der Waals surface area (Å²) in [4.78, 5) is 0. The van der Waals surface area contributed by atoms with Crippen LogP contribution in [0.15, 0.2) is 0 Å². The van der Waals surface area contributed by atoms with E-state index in [9.17, 15) is 0 Å². The quantitative estimate of drug-likeness (QED) is 0.562. The minimum atomic E-state index is 0.311. The highest BCUT2D eigenvalue weighted by molar-refractivity contribution is 5.08. The van der Waals surface area contributed by atoms with Crippen molar-refractivity contribution in [1.82, 2.24) is 0 Å². The molecule has 0 radical (unpaired) electrons. The summed E-state index contributed by atoms with van der Waals surface area (Å²) >= 11 is 0. The summed E-state index contributed by atoms with van der Waals surface area (Å²) in [6.07, 6.45) is 8.61. The molecule has 0 aromatic rings. The normalized spacial score (nSPS) is 60.3. The van der Waals surface area contributed by atoms with E-state index in [1.54, 1.807) is 0 Å². The molecule has 0 saturated heterocycles. The van der Waals surface area contributed by atoms with E-state index in [1.807, 2.05) is 0 Å². The van der Waals surface area contributed by atoms with E-state index in [1.165, 1.54) is 38.5 Å². The highest BCUT2D eigenvalue weighted by atomic mass is 14.8. The Hall–Kier alpha value is -0.0400. The second-order valence-corrected chi connectivity index (χ2v) is 5.12. The van der Waals surface area contributed by atoms with Crippen molar-refractivity contribution in [3.05, 3.63) is 0 Å². The zero-order valence-electron chi connectivity index (χ0n) is 7.05. The molecule has 4 rings (SSSR count). The molecule has 0 amide bonds. The van der Waals surface area contributed by atoms with Gasteiger partial charge in [-0.15, -0.1) is 0 Å².